The maximum absolute atomic E-state index is 12.0. The van der Waals surface area contributed by atoms with Gasteiger partial charge in [-0.15, -0.1) is 0 Å². The number of nitrogens with zero attached hydrogens (tertiary/aromatic N) is 1. The first-order valence-corrected chi connectivity index (χ1v) is 8.00. The molecule has 3 atom stereocenters. The van der Waals surface area contributed by atoms with Crippen LogP contribution in [-0.2, 0) is 9.53 Å². The lowest BCUT2D eigenvalue weighted by molar-refractivity contribution is -0.117. The second-order valence-corrected chi connectivity index (χ2v) is 6.60. The van der Waals surface area contributed by atoms with Crippen molar-refractivity contribution in [1.29, 1.82) is 0 Å². The fourth-order valence-electron chi connectivity index (χ4n) is 3.02. The summed E-state index contributed by atoms with van der Waals surface area (Å²) in [6.07, 6.45) is 0.209. The summed E-state index contributed by atoms with van der Waals surface area (Å²) in [5.74, 6) is -0.0000518. The quantitative estimate of drug-likeness (QED) is 0.856. The number of fused-ring (bicyclic) bond motifs is 1. The van der Waals surface area contributed by atoms with E-state index in [1.165, 1.54) is 0 Å². The molecular weight excluding hydrogens is 334 g/mol. The Morgan fingerprint density at radius 3 is 2.90 bits per heavy atom. The smallest absolute Gasteiger partial charge is 0.246 e. The number of ether oxygens (including phenoxy) is 1. The van der Waals surface area contributed by atoms with E-state index in [-0.39, 0.29) is 18.1 Å². The standard InChI is InChI=1S/C15H20BrN3O2/c1-8-7-21-9(2)6-19(8)13-5-12-10(4-11(13)16)14(17-3)15(20)18-12/h4-5,8-9,14,17H,6-7H2,1-3H3,(H,18,20). The number of halogens is 1. The minimum atomic E-state index is -0.272. The maximum atomic E-state index is 12.0. The number of nitrogens with one attached hydrogen (secondary N) is 2. The first-order valence-electron chi connectivity index (χ1n) is 7.21. The molecule has 114 valence electrons. The lowest BCUT2D eigenvalue weighted by Gasteiger charge is -2.39. The lowest BCUT2D eigenvalue weighted by Crippen LogP contribution is -2.47. The minimum absolute atomic E-state index is 0.0000518. The Morgan fingerprint density at radius 1 is 1.43 bits per heavy atom. The van der Waals surface area contributed by atoms with Gasteiger partial charge < -0.3 is 20.3 Å². The average molecular weight is 354 g/mol. The Balaban J connectivity index is 1.98. The fraction of sp³-hybridized carbons (Fsp3) is 0.533. The molecule has 2 N–H and O–H groups in total. The van der Waals surface area contributed by atoms with Gasteiger partial charge >= 0.3 is 0 Å². The van der Waals surface area contributed by atoms with Crippen molar-refractivity contribution in [2.75, 3.05) is 30.4 Å². The molecular formula is C15H20BrN3O2. The van der Waals surface area contributed by atoms with E-state index in [0.717, 1.165) is 34.6 Å². The highest BCUT2D eigenvalue weighted by Gasteiger charge is 2.32. The molecule has 3 unspecified atom stereocenters. The summed E-state index contributed by atoms with van der Waals surface area (Å²) in [6, 6.07) is 4.14. The van der Waals surface area contributed by atoms with Gasteiger partial charge in [0.15, 0.2) is 0 Å². The Kier molecular flexibility index (Phi) is 3.94. The normalized spacial score (nSPS) is 28.5. The van der Waals surface area contributed by atoms with Gasteiger partial charge in [-0.25, -0.2) is 0 Å². The van der Waals surface area contributed by atoms with E-state index in [0.29, 0.717) is 6.04 Å². The number of morpholine rings is 1. The fourth-order valence-corrected chi connectivity index (χ4v) is 3.60. The third-order valence-electron chi connectivity index (χ3n) is 4.16. The van der Waals surface area contributed by atoms with Gasteiger partial charge in [0.05, 0.1) is 18.4 Å². The highest BCUT2D eigenvalue weighted by molar-refractivity contribution is 9.10. The maximum Gasteiger partial charge on any atom is 0.246 e. The predicted molar refractivity (Wildman–Crippen MR) is 86.8 cm³/mol. The van der Waals surface area contributed by atoms with Gasteiger partial charge in [0.2, 0.25) is 5.91 Å². The number of carbonyl (C=O) groups excluding carboxylic acids is 1. The summed E-state index contributed by atoms with van der Waals surface area (Å²) in [6.45, 7) is 5.80. The van der Waals surface area contributed by atoms with E-state index in [2.05, 4.69) is 51.4 Å². The van der Waals surface area contributed by atoms with Gasteiger partial charge in [-0.3, -0.25) is 4.79 Å². The van der Waals surface area contributed by atoms with Gasteiger partial charge in [-0.1, -0.05) is 0 Å². The summed E-state index contributed by atoms with van der Waals surface area (Å²) in [4.78, 5) is 14.3. The summed E-state index contributed by atoms with van der Waals surface area (Å²) < 4.78 is 6.70. The van der Waals surface area contributed by atoms with Crippen LogP contribution in [0.5, 0.6) is 0 Å². The van der Waals surface area contributed by atoms with Crippen LogP contribution in [0.3, 0.4) is 0 Å². The molecule has 0 bridgehead atoms. The lowest BCUT2D eigenvalue weighted by atomic mass is 10.1. The van der Waals surface area contributed by atoms with Crippen LogP contribution in [0.2, 0.25) is 0 Å². The SMILES string of the molecule is CNC1C(=O)Nc2cc(N3CC(C)OCC3C)c(Br)cc21. The van der Waals surface area contributed by atoms with E-state index in [9.17, 15) is 4.79 Å². The van der Waals surface area contributed by atoms with Crippen molar-refractivity contribution >= 4 is 33.2 Å². The molecule has 6 heteroatoms. The number of benzene rings is 1. The number of hydrogen-bond acceptors (Lipinski definition) is 4. The first-order chi connectivity index (χ1) is 10.0. The van der Waals surface area contributed by atoms with E-state index in [4.69, 9.17) is 4.74 Å². The van der Waals surface area contributed by atoms with Gasteiger partial charge in [0, 0.05) is 28.3 Å². The highest BCUT2D eigenvalue weighted by atomic mass is 79.9. The molecule has 2 heterocycles. The zero-order chi connectivity index (χ0) is 15.1. The molecule has 0 aromatic heterocycles. The second kappa shape index (κ2) is 5.59. The number of hydrogen-bond donors (Lipinski definition) is 2. The molecule has 21 heavy (non-hydrogen) atoms. The third-order valence-corrected chi connectivity index (χ3v) is 4.79. The Labute approximate surface area is 133 Å². The summed E-state index contributed by atoms with van der Waals surface area (Å²) in [5, 5.41) is 6.00. The van der Waals surface area contributed by atoms with Gasteiger partial charge in [0.25, 0.3) is 0 Å². The molecule has 0 saturated carbocycles. The van der Waals surface area contributed by atoms with Crippen LogP contribution in [-0.4, -0.2) is 38.3 Å². The van der Waals surface area contributed by atoms with E-state index < -0.39 is 0 Å². The van der Waals surface area contributed by atoms with Gasteiger partial charge in [0.1, 0.15) is 6.04 Å². The molecule has 2 aliphatic rings. The Hall–Kier alpha value is -1.11. The molecule has 0 spiro atoms. The molecule has 0 radical (unpaired) electrons. The van der Waals surface area contributed by atoms with Crippen LogP contribution in [0, 0.1) is 0 Å². The van der Waals surface area contributed by atoms with E-state index >= 15 is 0 Å². The van der Waals surface area contributed by atoms with Crippen molar-refractivity contribution in [2.45, 2.75) is 32.0 Å². The average Bonchev–Trinajstić information content (AvgIpc) is 2.75. The number of anilines is 2. The largest absolute Gasteiger partial charge is 0.375 e. The zero-order valence-corrected chi connectivity index (χ0v) is 14.0. The molecule has 2 aliphatic heterocycles. The van der Waals surface area contributed by atoms with Crippen LogP contribution >= 0.6 is 15.9 Å². The molecule has 3 rings (SSSR count). The molecule has 0 aliphatic carbocycles. The second-order valence-electron chi connectivity index (χ2n) is 5.75. The third kappa shape index (κ3) is 2.56. The van der Waals surface area contributed by atoms with E-state index in [1.54, 1.807) is 7.05 Å². The molecule has 1 aromatic rings. The molecule has 1 fully saturated rings. The van der Waals surface area contributed by atoms with Crippen molar-refractivity contribution in [3.8, 4) is 0 Å². The van der Waals surface area contributed by atoms with Gasteiger partial charge in [-0.2, -0.15) is 0 Å². The Morgan fingerprint density at radius 2 is 2.19 bits per heavy atom. The number of likely N-dealkylation sites (N-methyl/N-ethyl adjacent to an activating group) is 1. The minimum Gasteiger partial charge on any atom is -0.375 e. The van der Waals surface area contributed by atoms with Crippen molar-refractivity contribution in [3.05, 3.63) is 22.2 Å². The van der Waals surface area contributed by atoms with Crippen molar-refractivity contribution in [1.82, 2.24) is 5.32 Å². The number of rotatable bonds is 2. The van der Waals surface area contributed by atoms with Crippen molar-refractivity contribution in [3.63, 3.8) is 0 Å². The molecule has 1 amide bonds. The van der Waals surface area contributed by atoms with Crippen molar-refractivity contribution < 1.29 is 9.53 Å². The summed E-state index contributed by atoms with van der Waals surface area (Å²) in [5.41, 5.74) is 2.99. The highest BCUT2D eigenvalue weighted by Crippen LogP contribution is 2.40. The van der Waals surface area contributed by atoms with Crippen LogP contribution in [0.1, 0.15) is 25.5 Å². The number of amides is 1. The van der Waals surface area contributed by atoms with E-state index in [1.807, 2.05) is 6.07 Å². The monoisotopic (exact) mass is 353 g/mol. The zero-order valence-electron chi connectivity index (χ0n) is 12.4. The Bertz CT molecular complexity index is 578. The summed E-state index contributed by atoms with van der Waals surface area (Å²) >= 11 is 3.66. The van der Waals surface area contributed by atoms with Crippen molar-refractivity contribution in [2.24, 2.45) is 0 Å². The van der Waals surface area contributed by atoms with Crippen LogP contribution in [0.15, 0.2) is 16.6 Å². The molecule has 5 nitrogen and oxygen atoms in total. The van der Waals surface area contributed by atoms with Crippen LogP contribution in [0.25, 0.3) is 0 Å². The topological polar surface area (TPSA) is 53.6 Å². The number of carbonyl (C=O) groups is 1. The van der Waals surface area contributed by atoms with Crippen LogP contribution in [0.4, 0.5) is 11.4 Å². The molecule has 1 saturated heterocycles. The van der Waals surface area contributed by atoms with Gasteiger partial charge in [-0.05, 0) is 49.0 Å². The summed E-state index contributed by atoms with van der Waals surface area (Å²) in [7, 11) is 1.80. The first kappa shape index (κ1) is 14.8. The van der Waals surface area contributed by atoms with Crippen LogP contribution < -0.4 is 15.5 Å². The molecule has 1 aromatic carbocycles. The predicted octanol–water partition coefficient (Wildman–Crippen LogP) is 2.28.